The number of carbonyl (C=O) groups is 1. The van der Waals surface area contributed by atoms with E-state index < -0.39 is 11.5 Å². The molecule has 2 N–H and O–H groups in total. The van der Waals surface area contributed by atoms with Gasteiger partial charge in [-0.3, -0.25) is 10.1 Å². The first kappa shape index (κ1) is 16.2. The highest BCUT2D eigenvalue weighted by Gasteiger charge is 2.46. The highest BCUT2D eigenvalue weighted by Crippen LogP contribution is 2.43. The van der Waals surface area contributed by atoms with Crippen LogP contribution in [0.1, 0.15) is 65.7 Å². The van der Waals surface area contributed by atoms with Gasteiger partial charge in [-0.05, 0) is 51.9 Å². The highest BCUT2D eigenvalue weighted by atomic mass is 32.2. The monoisotopic (exact) mass is 299 g/mol. The molecule has 0 aromatic heterocycles. The lowest BCUT2D eigenvalue weighted by molar-refractivity contribution is -0.145. The van der Waals surface area contributed by atoms with Crippen molar-refractivity contribution in [3.8, 4) is 0 Å². The minimum Gasteiger partial charge on any atom is -0.480 e. The first-order valence-corrected chi connectivity index (χ1v) is 9.02. The number of hydrogen-bond donors (Lipinski definition) is 2. The average molecular weight is 299 g/mol. The molecule has 20 heavy (non-hydrogen) atoms. The van der Waals surface area contributed by atoms with Crippen molar-refractivity contribution < 1.29 is 9.90 Å². The van der Waals surface area contributed by atoms with Gasteiger partial charge in [0.1, 0.15) is 5.54 Å². The molecule has 2 rings (SSSR count). The van der Waals surface area contributed by atoms with Gasteiger partial charge in [-0.25, -0.2) is 0 Å². The van der Waals surface area contributed by atoms with Crippen LogP contribution >= 0.6 is 11.8 Å². The fourth-order valence-electron chi connectivity index (χ4n) is 3.83. The van der Waals surface area contributed by atoms with Crippen molar-refractivity contribution in [2.45, 2.75) is 87.8 Å². The largest absolute Gasteiger partial charge is 0.480 e. The van der Waals surface area contributed by atoms with Gasteiger partial charge < -0.3 is 5.11 Å². The molecule has 0 radical (unpaired) electrons. The Kier molecular flexibility index (Phi) is 5.41. The van der Waals surface area contributed by atoms with Crippen molar-refractivity contribution in [3.63, 3.8) is 0 Å². The number of rotatable bonds is 5. The van der Waals surface area contributed by atoms with Crippen LogP contribution in [0, 0.1) is 5.92 Å². The third-order valence-corrected chi connectivity index (χ3v) is 6.32. The van der Waals surface area contributed by atoms with E-state index in [1.807, 2.05) is 13.8 Å². The summed E-state index contributed by atoms with van der Waals surface area (Å²) in [7, 11) is 0. The number of carboxylic acids is 1. The summed E-state index contributed by atoms with van der Waals surface area (Å²) in [6.45, 7) is 6.42. The van der Waals surface area contributed by atoms with Crippen LogP contribution in [-0.2, 0) is 4.79 Å². The Hall–Kier alpha value is -0.220. The number of nitrogens with one attached hydrogen (secondary N) is 1. The molecule has 0 aliphatic heterocycles. The molecule has 2 aliphatic carbocycles. The van der Waals surface area contributed by atoms with Crippen LogP contribution < -0.4 is 5.32 Å². The molecule has 0 bridgehead atoms. The Morgan fingerprint density at radius 1 is 1.30 bits per heavy atom. The van der Waals surface area contributed by atoms with Gasteiger partial charge in [-0.2, -0.15) is 11.8 Å². The first-order chi connectivity index (χ1) is 9.41. The highest BCUT2D eigenvalue weighted by molar-refractivity contribution is 8.00. The lowest BCUT2D eigenvalue weighted by atomic mass is 9.91. The second kappa shape index (κ2) is 6.69. The molecule has 0 amide bonds. The molecule has 0 aromatic carbocycles. The van der Waals surface area contributed by atoms with Crippen LogP contribution in [0.2, 0.25) is 0 Å². The van der Waals surface area contributed by atoms with Crippen molar-refractivity contribution in [2.75, 3.05) is 0 Å². The van der Waals surface area contributed by atoms with Gasteiger partial charge in [0.05, 0.1) is 0 Å². The predicted octanol–water partition coefficient (Wildman–Crippen LogP) is 3.67. The fourth-order valence-corrected chi connectivity index (χ4v) is 5.75. The van der Waals surface area contributed by atoms with E-state index in [1.165, 1.54) is 25.7 Å². The van der Waals surface area contributed by atoms with Gasteiger partial charge in [0.15, 0.2) is 0 Å². The van der Waals surface area contributed by atoms with Gasteiger partial charge in [0, 0.05) is 16.5 Å². The summed E-state index contributed by atoms with van der Waals surface area (Å²) < 4.78 is 0. The molecule has 0 heterocycles. The third-order valence-electron chi connectivity index (χ3n) is 4.72. The minimum absolute atomic E-state index is 0.226. The molecule has 4 unspecified atom stereocenters. The zero-order valence-electron chi connectivity index (χ0n) is 13.0. The summed E-state index contributed by atoms with van der Waals surface area (Å²) in [5.41, 5.74) is -0.674. The molecule has 2 saturated carbocycles. The zero-order valence-corrected chi connectivity index (χ0v) is 13.8. The van der Waals surface area contributed by atoms with Crippen molar-refractivity contribution in [1.29, 1.82) is 0 Å². The van der Waals surface area contributed by atoms with Crippen LogP contribution in [0.3, 0.4) is 0 Å². The maximum absolute atomic E-state index is 11.7. The Labute approximate surface area is 127 Å². The SMILES string of the molecule is CC1CCCC(SC2CCC(NC(C)C)(C(=O)O)C2)C1. The number of hydrogen-bond acceptors (Lipinski definition) is 3. The van der Waals surface area contributed by atoms with Gasteiger partial charge in [-0.1, -0.05) is 19.8 Å². The maximum Gasteiger partial charge on any atom is 0.323 e. The van der Waals surface area contributed by atoms with E-state index in [4.69, 9.17) is 0 Å². The van der Waals surface area contributed by atoms with E-state index in [9.17, 15) is 9.90 Å². The Morgan fingerprint density at radius 3 is 2.65 bits per heavy atom. The zero-order chi connectivity index (χ0) is 14.8. The van der Waals surface area contributed by atoms with Crippen LogP contribution in [0.5, 0.6) is 0 Å². The second-order valence-electron chi connectivity index (χ2n) is 7.08. The van der Waals surface area contributed by atoms with Gasteiger partial charge in [0.25, 0.3) is 0 Å². The van der Waals surface area contributed by atoms with Gasteiger partial charge in [-0.15, -0.1) is 0 Å². The summed E-state index contributed by atoms with van der Waals surface area (Å²) in [6.07, 6.45) is 7.97. The van der Waals surface area contributed by atoms with Crippen molar-refractivity contribution in [3.05, 3.63) is 0 Å². The van der Waals surface area contributed by atoms with Crippen molar-refractivity contribution >= 4 is 17.7 Å². The Morgan fingerprint density at radius 2 is 2.05 bits per heavy atom. The summed E-state index contributed by atoms with van der Waals surface area (Å²) in [5.74, 6) is 0.187. The number of thioether (sulfide) groups is 1. The molecule has 116 valence electrons. The van der Waals surface area contributed by atoms with E-state index in [2.05, 4.69) is 24.0 Å². The predicted molar refractivity (Wildman–Crippen MR) is 85.3 cm³/mol. The lowest BCUT2D eigenvalue weighted by Crippen LogP contribution is -2.53. The van der Waals surface area contributed by atoms with E-state index in [-0.39, 0.29) is 6.04 Å². The molecule has 4 atom stereocenters. The van der Waals surface area contributed by atoms with Gasteiger partial charge in [0.2, 0.25) is 0 Å². The maximum atomic E-state index is 11.7. The van der Waals surface area contributed by atoms with Crippen LogP contribution in [0.4, 0.5) is 0 Å². The quantitative estimate of drug-likeness (QED) is 0.813. The average Bonchev–Trinajstić information content (AvgIpc) is 2.72. The summed E-state index contributed by atoms with van der Waals surface area (Å²) >= 11 is 2.08. The first-order valence-electron chi connectivity index (χ1n) is 8.08. The molecular weight excluding hydrogens is 270 g/mol. The molecule has 0 saturated heterocycles. The molecule has 2 fully saturated rings. The van der Waals surface area contributed by atoms with E-state index >= 15 is 0 Å². The summed E-state index contributed by atoms with van der Waals surface area (Å²) in [6, 6.07) is 0.226. The lowest BCUT2D eigenvalue weighted by Gasteiger charge is -2.30. The molecule has 3 nitrogen and oxygen atoms in total. The van der Waals surface area contributed by atoms with Crippen LogP contribution in [0.25, 0.3) is 0 Å². The Balaban J connectivity index is 1.91. The number of carboxylic acid groups (broad SMARTS) is 1. The van der Waals surface area contributed by atoms with E-state index in [0.717, 1.165) is 30.4 Å². The van der Waals surface area contributed by atoms with Crippen molar-refractivity contribution in [1.82, 2.24) is 5.32 Å². The van der Waals surface area contributed by atoms with Crippen molar-refractivity contribution in [2.24, 2.45) is 5.92 Å². The fraction of sp³-hybridized carbons (Fsp3) is 0.938. The van der Waals surface area contributed by atoms with Crippen LogP contribution in [-0.4, -0.2) is 33.2 Å². The topological polar surface area (TPSA) is 49.3 Å². The molecule has 2 aliphatic rings. The molecule has 0 aromatic rings. The molecule has 4 heteroatoms. The minimum atomic E-state index is -0.674. The van der Waals surface area contributed by atoms with Crippen LogP contribution in [0.15, 0.2) is 0 Å². The summed E-state index contributed by atoms with van der Waals surface area (Å²) in [4.78, 5) is 11.7. The normalized spacial score (nSPS) is 38.3. The number of aliphatic carboxylic acids is 1. The standard InChI is InChI=1S/C16H29NO2S/c1-11(2)17-16(15(18)19)8-7-14(10-16)20-13-6-4-5-12(3)9-13/h11-14,17H,4-10H2,1-3H3,(H,18,19). The van der Waals surface area contributed by atoms with E-state index in [0.29, 0.717) is 5.25 Å². The molecule has 0 spiro atoms. The third kappa shape index (κ3) is 3.91. The molecular formula is C16H29NO2S. The van der Waals surface area contributed by atoms with E-state index in [1.54, 1.807) is 0 Å². The summed E-state index contributed by atoms with van der Waals surface area (Å²) in [5, 5.41) is 14.2. The Bertz CT molecular complexity index is 347. The smallest absolute Gasteiger partial charge is 0.323 e. The second-order valence-corrected chi connectivity index (χ2v) is 8.69. The van der Waals surface area contributed by atoms with Gasteiger partial charge >= 0.3 is 5.97 Å².